The molecular weight excluding hydrogens is 390 g/mol. The van der Waals surface area contributed by atoms with E-state index in [0.717, 1.165) is 32.1 Å². The number of carbonyl (C=O) groups excluding carboxylic acids is 1. The molecule has 3 rings (SSSR count). The van der Waals surface area contributed by atoms with Gasteiger partial charge >= 0.3 is 0 Å². The van der Waals surface area contributed by atoms with E-state index in [1.165, 1.54) is 11.6 Å². The lowest BCUT2D eigenvalue weighted by atomic mass is 9.97. The zero-order valence-corrected chi connectivity index (χ0v) is 19.4. The van der Waals surface area contributed by atoms with Gasteiger partial charge in [0.1, 0.15) is 0 Å². The monoisotopic (exact) mass is 427 g/mol. The fourth-order valence-electron chi connectivity index (χ4n) is 3.13. The topological polar surface area (TPSA) is 108 Å². The van der Waals surface area contributed by atoms with Gasteiger partial charge in [-0.25, -0.2) is 4.98 Å². The number of piperidine rings is 1. The molecule has 1 amide bonds. The Morgan fingerprint density at radius 2 is 1.90 bits per heavy atom. The maximum atomic E-state index is 11.2. The van der Waals surface area contributed by atoms with Gasteiger partial charge in [0.05, 0.1) is 11.9 Å². The highest BCUT2D eigenvalue weighted by molar-refractivity contribution is 5.80. The Morgan fingerprint density at radius 1 is 1.29 bits per heavy atom. The molecule has 1 aromatic heterocycles. The molecule has 4 N–H and O–H groups in total. The summed E-state index contributed by atoms with van der Waals surface area (Å²) in [5, 5.41) is 10.1. The first-order valence-electron chi connectivity index (χ1n) is 10.9. The Labute approximate surface area is 186 Å². The first kappa shape index (κ1) is 26.1. The minimum Gasteiger partial charge on any atom is -0.439 e. The van der Waals surface area contributed by atoms with Crippen molar-refractivity contribution in [3.05, 3.63) is 59.8 Å². The second-order valence-corrected chi connectivity index (χ2v) is 7.05. The SMILES string of the molecule is CC.CC(=O)N1CCC(c2ncc(/C(N)=C/C=N)o2)CC1.CN[C@@H](C)c1ccccc1. The van der Waals surface area contributed by atoms with Crippen molar-refractivity contribution in [2.45, 2.75) is 52.5 Å². The van der Waals surface area contributed by atoms with E-state index in [-0.39, 0.29) is 11.8 Å². The molecule has 170 valence electrons. The molecule has 2 aromatic rings. The molecule has 1 aliphatic heterocycles. The fraction of sp³-hybridized carbons (Fsp3) is 0.458. The summed E-state index contributed by atoms with van der Waals surface area (Å²) < 4.78 is 5.62. The van der Waals surface area contributed by atoms with Crippen LogP contribution in [0.3, 0.4) is 0 Å². The second-order valence-electron chi connectivity index (χ2n) is 7.05. The third-order valence-corrected chi connectivity index (χ3v) is 5.09. The van der Waals surface area contributed by atoms with Gasteiger partial charge in [0.2, 0.25) is 5.91 Å². The quantitative estimate of drug-likeness (QED) is 0.615. The molecule has 1 aliphatic rings. The number of benzene rings is 1. The van der Waals surface area contributed by atoms with Crippen molar-refractivity contribution in [3.63, 3.8) is 0 Å². The van der Waals surface area contributed by atoms with E-state index in [4.69, 9.17) is 15.6 Å². The summed E-state index contributed by atoms with van der Waals surface area (Å²) >= 11 is 0. The van der Waals surface area contributed by atoms with Crippen LogP contribution in [0.1, 0.15) is 69.7 Å². The average molecular weight is 428 g/mol. The Hall–Kier alpha value is -2.93. The molecule has 1 saturated heterocycles. The third-order valence-electron chi connectivity index (χ3n) is 5.09. The first-order chi connectivity index (χ1) is 15.0. The molecule has 0 unspecified atom stereocenters. The Morgan fingerprint density at radius 3 is 2.42 bits per heavy atom. The lowest BCUT2D eigenvalue weighted by molar-refractivity contribution is -0.129. The summed E-state index contributed by atoms with van der Waals surface area (Å²) in [7, 11) is 1.97. The number of rotatable bonds is 5. The number of carbonyl (C=O) groups is 1. The van der Waals surface area contributed by atoms with E-state index in [0.29, 0.717) is 23.4 Å². The molecule has 0 saturated carbocycles. The number of nitrogens with two attached hydrogens (primary N) is 1. The lowest BCUT2D eigenvalue weighted by Gasteiger charge is -2.29. The van der Waals surface area contributed by atoms with Gasteiger partial charge in [-0.3, -0.25) is 4.79 Å². The second kappa shape index (κ2) is 14.1. The largest absolute Gasteiger partial charge is 0.439 e. The highest BCUT2D eigenvalue weighted by atomic mass is 16.4. The molecule has 7 heteroatoms. The summed E-state index contributed by atoms with van der Waals surface area (Å²) in [6.45, 7) is 9.22. The molecular formula is C24H37N5O2. The van der Waals surface area contributed by atoms with Crippen LogP contribution in [0.2, 0.25) is 0 Å². The van der Waals surface area contributed by atoms with Crippen LogP contribution in [0.25, 0.3) is 5.70 Å². The van der Waals surface area contributed by atoms with Crippen molar-refractivity contribution >= 4 is 17.8 Å². The first-order valence-corrected chi connectivity index (χ1v) is 10.9. The number of nitrogens with zero attached hydrogens (tertiary/aromatic N) is 2. The van der Waals surface area contributed by atoms with E-state index in [1.807, 2.05) is 31.9 Å². The normalized spacial score (nSPS) is 15.1. The average Bonchev–Trinajstić information content (AvgIpc) is 3.32. The Kier molecular flexibility index (Phi) is 11.9. The van der Waals surface area contributed by atoms with Gasteiger partial charge in [-0.15, -0.1) is 0 Å². The number of hydrogen-bond acceptors (Lipinski definition) is 6. The van der Waals surface area contributed by atoms with Gasteiger partial charge in [0.25, 0.3) is 0 Å². The minimum absolute atomic E-state index is 0.115. The predicted molar refractivity (Wildman–Crippen MR) is 127 cm³/mol. The Balaban J connectivity index is 0.000000337. The van der Waals surface area contributed by atoms with Crippen LogP contribution in [0.15, 0.2) is 47.0 Å². The summed E-state index contributed by atoms with van der Waals surface area (Å²) in [4.78, 5) is 17.3. The van der Waals surface area contributed by atoms with Crippen LogP contribution >= 0.6 is 0 Å². The van der Waals surface area contributed by atoms with Gasteiger partial charge in [0, 0.05) is 38.2 Å². The lowest BCUT2D eigenvalue weighted by Crippen LogP contribution is -2.36. The van der Waals surface area contributed by atoms with E-state index < -0.39 is 0 Å². The summed E-state index contributed by atoms with van der Waals surface area (Å²) in [5.74, 6) is 1.51. The van der Waals surface area contributed by atoms with Crippen LogP contribution < -0.4 is 11.1 Å². The van der Waals surface area contributed by atoms with Crippen molar-refractivity contribution in [1.82, 2.24) is 15.2 Å². The van der Waals surface area contributed by atoms with Crippen LogP contribution in [-0.4, -0.2) is 42.1 Å². The highest BCUT2D eigenvalue weighted by Crippen LogP contribution is 2.28. The maximum Gasteiger partial charge on any atom is 0.219 e. The van der Waals surface area contributed by atoms with Gasteiger partial charge < -0.3 is 25.8 Å². The van der Waals surface area contributed by atoms with Crippen LogP contribution in [0.5, 0.6) is 0 Å². The van der Waals surface area contributed by atoms with Gasteiger partial charge in [0.15, 0.2) is 11.7 Å². The van der Waals surface area contributed by atoms with E-state index in [2.05, 4.69) is 41.5 Å². The zero-order valence-electron chi connectivity index (χ0n) is 19.4. The van der Waals surface area contributed by atoms with Crippen LogP contribution in [0, 0.1) is 5.41 Å². The molecule has 1 fully saturated rings. The van der Waals surface area contributed by atoms with Crippen molar-refractivity contribution in [1.29, 1.82) is 5.41 Å². The summed E-state index contributed by atoms with van der Waals surface area (Å²) in [5.41, 5.74) is 7.47. The smallest absolute Gasteiger partial charge is 0.219 e. The number of nitrogens with one attached hydrogen (secondary N) is 2. The Bertz CT molecular complexity index is 808. The summed E-state index contributed by atoms with van der Waals surface area (Å²) in [6.07, 6.45) is 5.87. The van der Waals surface area contributed by atoms with Gasteiger partial charge in [-0.1, -0.05) is 44.2 Å². The molecule has 7 nitrogen and oxygen atoms in total. The minimum atomic E-state index is 0.115. The molecule has 0 radical (unpaired) electrons. The number of allylic oxidation sites excluding steroid dienone is 1. The molecule has 0 bridgehead atoms. The molecule has 0 spiro atoms. The molecule has 31 heavy (non-hydrogen) atoms. The molecule has 1 aromatic carbocycles. The predicted octanol–water partition coefficient (Wildman–Crippen LogP) is 4.34. The van der Waals surface area contributed by atoms with Crippen LogP contribution in [0.4, 0.5) is 0 Å². The number of oxazole rings is 1. The summed E-state index contributed by atoms with van der Waals surface area (Å²) in [6, 6.07) is 10.9. The molecule has 0 aliphatic carbocycles. The van der Waals surface area contributed by atoms with Crippen molar-refractivity contribution < 1.29 is 9.21 Å². The highest BCUT2D eigenvalue weighted by Gasteiger charge is 2.25. The number of likely N-dealkylation sites (tertiary alicyclic amines) is 1. The van der Waals surface area contributed by atoms with Crippen LogP contribution in [-0.2, 0) is 4.79 Å². The van der Waals surface area contributed by atoms with Gasteiger partial charge in [-0.05, 0) is 38.5 Å². The van der Waals surface area contributed by atoms with E-state index >= 15 is 0 Å². The fourth-order valence-corrected chi connectivity index (χ4v) is 3.13. The van der Waals surface area contributed by atoms with E-state index in [1.54, 1.807) is 13.1 Å². The van der Waals surface area contributed by atoms with Crippen molar-refractivity contribution in [2.75, 3.05) is 20.1 Å². The maximum absolute atomic E-state index is 11.2. The van der Waals surface area contributed by atoms with E-state index in [9.17, 15) is 4.79 Å². The zero-order chi connectivity index (χ0) is 23.2. The number of amides is 1. The number of hydrogen-bond donors (Lipinski definition) is 3. The molecule has 1 atom stereocenters. The standard InChI is InChI=1S/C13H18N4O2.C9H13N.C2H6/c1-9(18)17-6-3-10(4-7-17)13-16-8-12(19-13)11(15)2-5-14;1-8(10-2)9-6-4-3-5-7-9;1-2/h2,5,8,10,14H,3-4,6-7,15H2,1H3;3-8,10H,1-2H3;1-2H3/b11-2-,14-5?;;/t;8-;/m.0./s1. The third kappa shape index (κ3) is 8.38. The van der Waals surface area contributed by atoms with Crippen molar-refractivity contribution in [3.8, 4) is 0 Å². The molecule has 2 heterocycles. The van der Waals surface area contributed by atoms with Gasteiger partial charge in [-0.2, -0.15) is 0 Å². The number of aromatic nitrogens is 1. The van der Waals surface area contributed by atoms with Crippen molar-refractivity contribution in [2.24, 2.45) is 5.73 Å².